The third kappa shape index (κ3) is 4.29. The highest BCUT2D eigenvalue weighted by Gasteiger charge is 2.33. The van der Waals surface area contributed by atoms with E-state index in [1.54, 1.807) is 26.4 Å². The summed E-state index contributed by atoms with van der Waals surface area (Å²) >= 11 is 5.98. The Hall–Kier alpha value is -2.24. The SMILES string of the molecule is COc1ccc([C@@H]2CCC[NH+]2CC(=O)Nc2cccc(Cl)c2)c(OC)c1. The fraction of sp³-hybridized carbons (Fsp3) is 0.350. The van der Waals surface area contributed by atoms with Crippen molar-refractivity contribution >= 4 is 23.2 Å². The zero-order chi connectivity index (χ0) is 18.5. The molecule has 0 aromatic heterocycles. The molecule has 1 saturated heterocycles. The predicted molar refractivity (Wildman–Crippen MR) is 102 cm³/mol. The van der Waals surface area contributed by atoms with Crippen molar-refractivity contribution in [1.29, 1.82) is 0 Å². The first-order valence-corrected chi connectivity index (χ1v) is 9.10. The third-order valence-corrected chi connectivity index (χ3v) is 5.03. The number of ether oxygens (including phenoxy) is 2. The number of likely N-dealkylation sites (tertiary alicyclic amines) is 1. The lowest BCUT2D eigenvalue weighted by Crippen LogP contribution is -3.11. The Morgan fingerprint density at radius 1 is 1.23 bits per heavy atom. The molecule has 0 spiro atoms. The van der Waals surface area contributed by atoms with Crippen LogP contribution in [0.25, 0.3) is 0 Å². The number of amides is 1. The molecular formula is C20H24ClN2O3+. The van der Waals surface area contributed by atoms with Gasteiger partial charge in [-0.3, -0.25) is 4.79 Å². The number of carbonyl (C=O) groups excluding carboxylic acids is 1. The lowest BCUT2D eigenvalue weighted by Gasteiger charge is -2.23. The maximum Gasteiger partial charge on any atom is 0.279 e. The van der Waals surface area contributed by atoms with Crippen LogP contribution in [0.3, 0.4) is 0 Å². The summed E-state index contributed by atoms with van der Waals surface area (Å²) < 4.78 is 10.8. The second-order valence-electron chi connectivity index (χ2n) is 6.45. The summed E-state index contributed by atoms with van der Waals surface area (Å²) in [5.74, 6) is 1.56. The number of quaternary nitrogens is 1. The van der Waals surface area contributed by atoms with E-state index in [1.165, 1.54) is 4.90 Å². The van der Waals surface area contributed by atoms with E-state index in [0.29, 0.717) is 11.6 Å². The molecule has 1 aliphatic rings. The zero-order valence-corrected chi connectivity index (χ0v) is 15.8. The normalized spacial score (nSPS) is 19.2. The first kappa shape index (κ1) is 18.5. The second-order valence-corrected chi connectivity index (χ2v) is 6.88. The molecule has 6 heteroatoms. The molecule has 0 aliphatic carbocycles. The van der Waals surface area contributed by atoms with Crippen molar-refractivity contribution in [2.24, 2.45) is 0 Å². The summed E-state index contributed by atoms with van der Waals surface area (Å²) in [6.07, 6.45) is 2.11. The van der Waals surface area contributed by atoms with E-state index in [1.807, 2.05) is 30.3 Å². The molecule has 3 rings (SSSR count). The molecule has 0 radical (unpaired) electrons. The Kier molecular flexibility index (Phi) is 6.01. The Bertz CT molecular complexity index is 781. The number of hydrogen-bond donors (Lipinski definition) is 2. The highest BCUT2D eigenvalue weighted by molar-refractivity contribution is 6.30. The summed E-state index contributed by atoms with van der Waals surface area (Å²) in [5, 5.41) is 3.54. The van der Waals surface area contributed by atoms with Gasteiger partial charge in [-0.05, 0) is 30.3 Å². The van der Waals surface area contributed by atoms with Crippen molar-refractivity contribution in [3.05, 3.63) is 53.1 Å². The first-order valence-electron chi connectivity index (χ1n) is 8.72. The minimum Gasteiger partial charge on any atom is -0.497 e. The van der Waals surface area contributed by atoms with Crippen molar-refractivity contribution in [3.8, 4) is 11.5 Å². The van der Waals surface area contributed by atoms with Gasteiger partial charge >= 0.3 is 0 Å². The molecule has 1 amide bonds. The number of benzene rings is 2. The predicted octanol–water partition coefficient (Wildman–Crippen LogP) is 2.72. The van der Waals surface area contributed by atoms with Crippen LogP contribution in [0, 0.1) is 0 Å². The molecule has 2 aromatic rings. The van der Waals surface area contributed by atoms with E-state index in [-0.39, 0.29) is 11.9 Å². The highest BCUT2D eigenvalue weighted by Crippen LogP contribution is 2.31. The molecule has 1 fully saturated rings. The standard InChI is InChI=1S/C20H23ClN2O3/c1-25-16-8-9-17(19(12-16)26-2)18-7-4-10-23(18)13-20(24)22-15-6-3-5-14(21)11-15/h3,5-6,8-9,11-12,18H,4,7,10,13H2,1-2H3,(H,22,24)/p+1/t18-/m0/s1. The lowest BCUT2D eigenvalue weighted by atomic mass is 10.0. The maximum atomic E-state index is 12.5. The van der Waals surface area contributed by atoms with Gasteiger partial charge in [-0.15, -0.1) is 0 Å². The van der Waals surface area contributed by atoms with Crippen LogP contribution < -0.4 is 19.7 Å². The fourth-order valence-electron chi connectivity index (χ4n) is 3.58. The van der Waals surface area contributed by atoms with Crippen LogP contribution in [0.4, 0.5) is 5.69 Å². The summed E-state index contributed by atoms with van der Waals surface area (Å²) in [6, 6.07) is 13.3. The Labute approximate surface area is 158 Å². The minimum absolute atomic E-state index is 0.0124. The van der Waals surface area contributed by atoms with Gasteiger partial charge in [-0.25, -0.2) is 0 Å². The molecule has 1 heterocycles. The van der Waals surface area contributed by atoms with Crippen LogP contribution >= 0.6 is 11.6 Å². The molecule has 138 valence electrons. The van der Waals surface area contributed by atoms with E-state index in [9.17, 15) is 4.79 Å². The van der Waals surface area contributed by atoms with Crippen molar-refractivity contribution in [3.63, 3.8) is 0 Å². The van der Waals surface area contributed by atoms with Crippen LogP contribution in [-0.2, 0) is 4.79 Å². The van der Waals surface area contributed by atoms with Gasteiger partial charge in [0.25, 0.3) is 5.91 Å². The monoisotopic (exact) mass is 375 g/mol. The molecule has 2 aromatic carbocycles. The van der Waals surface area contributed by atoms with Crippen molar-refractivity contribution in [2.75, 3.05) is 32.6 Å². The summed E-state index contributed by atoms with van der Waals surface area (Å²) in [5.41, 5.74) is 1.84. The van der Waals surface area contributed by atoms with Gasteiger partial charge in [-0.2, -0.15) is 0 Å². The topological polar surface area (TPSA) is 52.0 Å². The van der Waals surface area contributed by atoms with Crippen molar-refractivity contribution < 1.29 is 19.2 Å². The summed E-state index contributed by atoms with van der Waals surface area (Å²) in [4.78, 5) is 13.7. The van der Waals surface area contributed by atoms with Crippen LogP contribution in [0.15, 0.2) is 42.5 Å². The number of carbonyl (C=O) groups is 1. The summed E-state index contributed by atoms with van der Waals surface area (Å²) in [6.45, 7) is 1.37. The van der Waals surface area contributed by atoms with Gasteiger partial charge in [0.1, 0.15) is 17.5 Å². The van der Waals surface area contributed by atoms with Gasteiger partial charge in [0, 0.05) is 29.6 Å². The van der Waals surface area contributed by atoms with Crippen LogP contribution in [0.2, 0.25) is 5.02 Å². The maximum absolute atomic E-state index is 12.5. The van der Waals surface area contributed by atoms with E-state index >= 15 is 0 Å². The molecule has 2 N–H and O–H groups in total. The summed E-state index contributed by atoms with van der Waals surface area (Å²) in [7, 11) is 3.31. The van der Waals surface area contributed by atoms with Gasteiger partial charge in [0.05, 0.1) is 26.3 Å². The Morgan fingerprint density at radius 2 is 2.08 bits per heavy atom. The first-order chi connectivity index (χ1) is 12.6. The average molecular weight is 376 g/mol. The van der Waals surface area contributed by atoms with Gasteiger partial charge < -0.3 is 19.7 Å². The second kappa shape index (κ2) is 8.43. The molecule has 1 aliphatic heterocycles. The van der Waals surface area contributed by atoms with E-state index in [0.717, 1.165) is 42.1 Å². The quantitative estimate of drug-likeness (QED) is 0.816. The molecule has 5 nitrogen and oxygen atoms in total. The largest absolute Gasteiger partial charge is 0.497 e. The Morgan fingerprint density at radius 3 is 2.81 bits per heavy atom. The minimum atomic E-state index is -0.0124. The number of halogens is 1. The fourth-order valence-corrected chi connectivity index (χ4v) is 3.77. The number of rotatable bonds is 6. The molecule has 0 bridgehead atoms. The average Bonchev–Trinajstić information content (AvgIpc) is 3.08. The third-order valence-electron chi connectivity index (χ3n) is 4.80. The van der Waals surface area contributed by atoms with Crippen molar-refractivity contribution in [2.45, 2.75) is 18.9 Å². The number of hydrogen-bond acceptors (Lipinski definition) is 3. The zero-order valence-electron chi connectivity index (χ0n) is 15.0. The van der Waals surface area contributed by atoms with Crippen LogP contribution in [0.5, 0.6) is 11.5 Å². The molecule has 0 saturated carbocycles. The molecule has 1 unspecified atom stereocenters. The molecular weight excluding hydrogens is 352 g/mol. The van der Waals surface area contributed by atoms with E-state index in [2.05, 4.69) is 5.32 Å². The smallest absolute Gasteiger partial charge is 0.279 e. The van der Waals surface area contributed by atoms with Crippen molar-refractivity contribution in [1.82, 2.24) is 0 Å². The van der Waals surface area contributed by atoms with E-state index < -0.39 is 0 Å². The van der Waals surface area contributed by atoms with Gasteiger partial charge in [0.2, 0.25) is 0 Å². The Balaban J connectivity index is 1.71. The van der Waals surface area contributed by atoms with Gasteiger partial charge in [0.15, 0.2) is 6.54 Å². The van der Waals surface area contributed by atoms with E-state index in [4.69, 9.17) is 21.1 Å². The highest BCUT2D eigenvalue weighted by atomic mass is 35.5. The van der Waals surface area contributed by atoms with Crippen LogP contribution in [-0.4, -0.2) is 33.2 Å². The number of nitrogens with one attached hydrogen (secondary N) is 2. The number of anilines is 1. The van der Waals surface area contributed by atoms with Crippen LogP contribution in [0.1, 0.15) is 24.4 Å². The van der Waals surface area contributed by atoms with Gasteiger partial charge in [-0.1, -0.05) is 17.7 Å². The lowest BCUT2D eigenvalue weighted by molar-refractivity contribution is -0.910. The molecule has 2 atom stereocenters. The molecule has 26 heavy (non-hydrogen) atoms. The number of methoxy groups -OCH3 is 2.